The number of thioether (sulfide) groups is 1. The van der Waals surface area contributed by atoms with E-state index in [4.69, 9.17) is 4.74 Å². The molecule has 2 bridgehead atoms. The summed E-state index contributed by atoms with van der Waals surface area (Å²) in [7, 11) is 0. The van der Waals surface area contributed by atoms with E-state index in [1.165, 1.54) is 0 Å². The number of aliphatic hydroxyl groups is 1. The van der Waals surface area contributed by atoms with Crippen LogP contribution in [0.15, 0.2) is 79.9 Å². The fraction of sp³-hybridized carbons (Fsp3) is 0.486. The Kier molecular flexibility index (Phi) is 9.49. The van der Waals surface area contributed by atoms with Crippen LogP contribution in [0, 0.1) is 11.8 Å². The zero-order valence-electron chi connectivity index (χ0n) is 27.6. The first-order valence-corrected chi connectivity index (χ1v) is 17.0. The second-order valence-electron chi connectivity index (χ2n) is 13.7. The Labute approximate surface area is 277 Å². The maximum atomic E-state index is 15.0. The smallest absolute Gasteiger partial charge is 0.247 e. The van der Waals surface area contributed by atoms with Gasteiger partial charge in [0, 0.05) is 29.1 Å². The average molecular weight is 646 g/mol. The van der Waals surface area contributed by atoms with Crippen LogP contribution < -0.4 is 9.64 Å². The van der Waals surface area contributed by atoms with E-state index >= 15 is 0 Å². The molecule has 6 atom stereocenters. The van der Waals surface area contributed by atoms with Gasteiger partial charge >= 0.3 is 0 Å². The molecule has 3 heterocycles. The van der Waals surface area contributed by atoms with Crippen molar-refractivity contribution < 1.29 is 24.2 Å². The molecule has 0 aliphatic carbocycles. The molecule has 2 unspecified atom stereocenters. The molecule has 3 aliphatic rings. The third-order valence-electron chi connectivity index (χ3n) is 9.83. The number of benzene rings is 2. The number of anilines is 1. The van der Waals surface area contributed by atoms with Gasteiger partial charge in [-0.05, 0) is 77.3 Å². The van der Waals surface area contributed by atoms with Crippen molar-refractivity contribution in [3.05, 3.63) is 85.5 Å². The molecule has 5 rings (SSSR count). The molecular formula is C37H47N3O5S. The molecule has 1 spiro atoms. The predicted octanol–water partition coefficient (Wildman–Crippen LogP) is 5.63. The van der Waals surface area contributed by atoms with Gasteiger partial charge in [-0.1, -0.05) is 42.5 Å². The summed E-state index contributed by atoms with van der Waals surface area (Å²) in [6.45, 7) is 18.5. The molecule has 3 amide bonds. The zero-order chi connectivity index (χ0) is 33.4. The number of hydrogen-bond acceptors (Lipinski definition) is 6. The van der Waals surface area contributed by atoms with Crippen molar-refractivity contribution in [2.45, 2.75) is 74.6 Å². The minimum Gasteiger partial charge on any atom is -0.494 e. The van der Waals surface area contributed by atoms with Gasteiger partial charge in [-0.2, -0.15) is 0 Å². The molecular weight excluding hydrogens is 598 g/mol. The minimum atomic E-state index is -0.871. The number of ether oxygens (including phenoxy) is 1. The van der Waals surface area contributed by atoms with Crippen LogP contribution in [0.25, 0.3) is 0 Å². The van der Waals surface area contributed by atoms with Gasteiger partial charge in [0.15, 0.2) is 0 Å². The topological polar surface area (TPSA) is 90.4 Å². The van der Waals surface area contributed by atoms with Crippen molar-refractivity contribution in [3.63, 3.8) is 0 Å². The van der Waals surface area contributed by atoms with Crippen LogP contribution in [0.3, 0.4) is 0 Å². The van der Waals surface area contributed by atoms with Gasteiger partial charge in [0.1, 0.15) is 11.8 Å². The van der Waals surface area contributed by atoms with Crippen LogP contribution >= 0.6 is 11.8 Å². The zero-order valence-corrected chi connectivity index (χ0v) is 28.5. The van der Waals surface area contributed by atoms with Crippen LogP contribution in [-0.2, 0) is 14.4 Å². The normalized spacial score (nSPS) is 27.2. The number of carbonyl (C=O) groups is 3. The summed E-state index contributed by atoms with van der Waals surface area (Å²) in [6.07, 6.45) is 4.70. The van der Waals surface area contributed by atoms with Gasteiger partial charge in [-0.25, -0.2) is 0 Å². The standard InChI is InChI=1S/C37H47N3O5S/c1-8-22-38(26-16-18-27(19-17-26)45-10-3)32(42)29-30-33(43)40(28(24-41)25-14-12-11-13-15-25)31(37(30)21-20-36(29,7)46-37)34(44)39(23-9-2)35(4,5)6/h8-9,11-19,28-31,41H,1-2,10,20-24H2,3-7H3/t28-,29+,30+,31?,36-,37?/m1/s1. The summed E-state index contributed by atoms with van der Waals surface area (Å²) in [5.41, 5.74) is 0.885. The first kappa shape index (κ1) is 33.8. The lowest BCUT2D eigenvalue weighted by molar-refractivity contribution is -0.148. The van der Waals surface area contributed by atoms with Crippen LogP contribution in [0.4, 0.5) is 5.69 Å². The largest absolute Gasteiger partial charge is 0.494 e. The number of fused-ring (bicyclic) bond motifs is 1. The Bertz CT molecular complexity index is 1470. The van der Waals surface area contributed by atoms with E-state index in [9.17, 15) is 19.5 Å². The third-order valence-corrected chi connectivity index (χ3v) is 11.8. The van der Waals surface area contributed by atoms with Gasteiger partial charge < -0.3 is 24.5 Å². The van der Waals surface area contributed by atoms with E-state index in [0.29, 0.717) is 37.4 Å². The lowest BCUT2D eigenvalue weighted by Crippen LogP contribution is -2.59. The number of carbonyl (C=O) groups excluding carboxylic acids is 3. The Morgan fingerprint density at radius 2 is 1.72 bits per heavy atom. The van der Waals surface area contributed by atoms with E-state index in [1.54, 1.807) is 38.6 Å². The van der Waals surface area contributed by atoms with Crippen LogP contribution in [0.2, 0.25) is 0 Å². The van der Waals surface area contributed by atoms with Gasteiger partial charge in [0.05, 0.1) is 35.8 Å². The highest BCUT2D eigenvalue weighted by Crippen LogP contribution is 2.72. The van der Waals surface area contributed by atoms with Crippen molar-refractivity contribution >= 4 is 35.2 Å². The molecule has 46 heavy (non-hydrogen) atoms. The fourth-order valence-corrected chi connectivity index (χ4v) is 10.2. The molecule has 8 nitrogen and oxygen atoms in total. The van der Waals surface area contributed by atoms with E-state index < -0.39 is 39.0 Å². The fourth-order valence-electron chi connectivity index (χ4n) is 7.86. The Hall–Kier alpha value is -3.56. The van der Waals surface area contributed by atoms with Crippen LogP contribution in [0.5, 0.6) is 5.75 Å². The van der Waals surface area contributed by atoms with Crippen molar-refractivity contribution in [2.75, 3.05) is 31.2 Å². The van der Waals surface area contributed by atoms with E-state index in [1.807, 2.05) is 82.3 Å². The monoisotopic (exact) mass is 645 g/mol. The molecule has 0 saturated carbocycles. The number of amides is 3. The van der Waals surface area contributed by atoms with E-state index in [-0.39, 0.29) is 30.9 Å². The first-order chi connectivity index (χ1) is 21.9. The van der Waals surface area contributed by atoms with E-state index in [2.05, 4.69) is 20.1 Å². The summed E-state index contributed by atoms with van der Waals surface area (Å²) in [6, 6.07) is 15.1. The first-order valence-electron chi connectivity index (χ1n) is 16.1. The molecule has 246 valence electrons. The van der Waals surface area contributed by atoms with Crippen LogP contribution in [-0.4, -0.2) is 80.0 Å². The predicted molar refractivity (Wildman–Crippen MR) is 184 cm³/mol. The lowest BCUT2D eigenvalue weighted by atomic mass is 9.66. The third kappa shape index (κ3) is 5.55. The number of nitrogens with zero attached hydrogens (tertiary/aromatic N) is 3. The summed E-state index contributed by atoms with van der Waals surface area (Å²) in [4.78, 5) is 49.8. The molecule has 2 aromatic carbocycles. The van der Waals surface area contributed by atoms with Gasteiger partial charge in [-0.15, -0.1) is 24.9 Å². The molecule has 3 fully saturated rings. The molecule has 0 aromatic heterocycles. The number of rotatable bonds is 12. The van der Waals surface area contributed by atoms with Gasteiger partial charge in [0.25, 0.3) is 0 Å². The Morgan fingerprint density at radius 1 is 1.07 bits per heavy atom. The molecule has 3 aliphatic heterocycles. The van der Waals surface area contributed by atoms with Gasteiger partial charge in [-0.3, -0.25) is 14.4 Å². The Balaban J connectivity index is 1.64. The molecule has 2 aromatic rings. The SMILES string of the molecule is C=CCN(C(=O)[C@@H]1[C@H]2C(=O)N([C@H](CO)c3ccccc3)C(C(=O)N(CC=C)C(C)(C)C)C23CC[C@@]1(C)S3)c1ccc(OCC)cc1. The second kappa shape index (κ2) is 12.9. The van der Waals surface area contributed by atoms with Crippen molar-refractivity contribution in [2.24, 2.45) is 11.8 Å². The minimum absolute atomic E-state index is 0.161. The number of likely N-dealkylation sites (tertiary alicyclic amines) is 1. The number of aliphatic hydroxyl groups excluding tert-OH is 1. The molecule has 9 heteroatoms. The Morgan fingerprint density at radius 3 is 2.28 bits per heavy atom. The highest BCUT2D eigenvalue weighted by molar-refractivity contribution is 8.02. The maximum Gasteiger partial charge on any atom is 0.247 e. The second-order valence-corrected chi connectivity index (χ2v) is 15.6. The average Bonchev–Trinajstić information content (AvgIpc) is 3.60. The quantitative estimate of drug-likeness (QED) is 0.301. The van der Waals surface area contributed by atoms with Crippen LogP contribution in [0.1, 0.15) is 59.1 Å². The van der Waals surface area contributed by atoms with Crippen molar-refractivity contribution in [3.8, 4) is 5.75 Å². The number of hydrogen-bond donors (Lipinski definition) is 1. The molecule has 3 saturated heterocycles. The maximum absolute atomic E-state index is 15.0. The highest BCUT2D eigenvalue weighted by atomic mass is 32.2. The van der Waals surface area contributed by atoms with E-state index in [0.717, 1.165) is 5.56 Å². The summed E-state index contributed by atoms with van der Waals surface area (Å²) in [5, 5.41) is 10.8. The molecule has 0 radical (unpaired) electrons. The van der Waals surface area contributed by atoms with Gasteiger partial charge in [0.2, 0.25) is 17.7 Å². The molecule has 1 N–H and O–H groups in total. The van der Waals surface area contributed by atoms with Crippen molar-refractivity contribution in [1.29, 1.82) is 0 Å². The summed E-state index contributed by atoms with van der Waals surface area (Å²) >= 11 is 1.63. The summed E-state index contributed by atoms with van der Waals surface area (Å²) < 4.78 is 4.23. The highest BCUT2D eigenvalue weighted by Gasteiger charge is 2.78. The van der Waals surface area contributed by atoms with Crippen molar-refractivity contribution in [1.82, 2.24) is 9.80 Å². The summed E-state index contributed by atoms with van der Waals surface area (Å²) in [5.74, 6) is -1.31. The lowest BCUT2D eigenvalue weighted by Gasteiger charge is -2.43.